The van der Waals surface area contributed by atoms with E-state index in [1.807, 2.05) is 25.1 Å². The Morgan fingerprint density at radius 3 is 2.15 bits per heavy atom. The SMILES string of the molecule is Cc1ccc(S(=O)(=O)CC(=O)N2CCN(Cc3ccccc3)CC2)cc1. The summed E-state index contributed by atoms with van der Waals surface area (Å²) in [4.78, 5) is 16.6. The van der Waals surface area contributed by atoms with Gasteiger partial charge in [0.1, 0.15) is 5.75 Å². The molecule has 1 aliphatic heterocycles. The highest BCUT2D eigenvalue weighted by Crippen LogP contribution is 2.14. The maximum absolute atomic E-state index is 12.4. The van der Waals surface area contributed by atoms with Crippen molar-refractivity contribution in [2.24, 2.45) is 0 Å². The number of rotatable bonds is 5. The molecule has 1 fully saturated rings. The largest absolute Gasteiger partial charge is 0.339 e. The molecular formula is C20H24N2O3S. The molecule has 0 atom stereocenters. The van der Waals surface area contributed by atoms with Crippen LogP contribution in [0, 0.1) is 6.92 Å². The zero-order valence-electron chi connectivity index (χ0n) is 15.0. The summed E-state index contributed by atoms with van der Waals surface area (Å²) in [5.41, 5.74) is 2.24. The summed E-state index contributed by atoms with van der Waals surface area (Å²) in [6.45, 7) is 5.39. The van der Waals surface area contributed by atoms with Crippen molar-refractivity contribution in [3.8, 4) is 0 Å². The Balaban J connectivity index is 1.54. The molecule has 0 aromatic heterocycles. The Kier molecular flexibility index (Phi) is 5.74. The van der Waals surface area contributed by atoms with E-state index in [0.717, 1.165) is 25.2 Å². The maximum Gasteiger partial charge on any atom is 0.238 e. The van der Waals surface area contributed by atoms with Gasteiger partial charge in [-0.05, 0) is 24.6 Å². The molecule has 138 valence electrons. The molecule has 1 amide bonds. The third-order valence-corrected chi connectivity index (χ3v) is 6.28. The zero-order valence-corrected chi connectivity index (χ0v) is 15.8. The van der Waals surface area contributed by atoms with Crippen LogP contribution in [0.15, 0.2) is 59.5 Å². The standard InChI is InChI=1S/C20H24N2O3S/c1-17-7-9-19(10-8-17)26(24,25)16-20(23)22-13-11-21(12-14-22)15-18-5-3-2-4-6-18/h2-10H,11-16H2,1H3. The van der Waals surface area contributed by atoms with Gasteiger partial charge in [0.25, 0.3) is 0 Å². The van der Waals surface area contributed by atoms with Crippen molar-refractivity contribution in [2.75, 3.05) is 31.9 Å². The second-order valence-electron chi connectivity index (χ2n) is 6.71. The van der Waals surface area contributed by atoms with Gasteiger partial charge in [-0.3, -0.25) is 9.69 Å². The van der Waals surface area contributed by atoms with Crippen LogP contribution in [0.25, 0.3) is 0 Å². The molecular weight excluding hydrogens is 348 g/mol. The van der Waals surface area contributed by atoms with Gasteiger partial charge in [-0.15, -0.1) is 0 Å². The number of carbonyl (C=O) groups is 1. The monoisotopic (exact) mass is 372 g/mol. The van der Waals surface area contributed by atoms with Gasteiger partial charge in [0.05, 0.1) is 4.90 Å². The summed E-state index contributed by atoms with van der Waals surface area (Å²) < 4.78 is 24.9. The van der Waals surface area contributed by atoms with Crippen LogP contribution in [0.1, 0.15) is 11.1 Å². The lowest BCUT2D eigenvalue weighted by Crippen LogP contribution is -2.49. The topological polar surface area (TPSA) is 57.7 Å². The first-order valence-electron chi connectivity index (χ1n) is 8.77. The fourth-order valence-electron chi connectivity index (χ4n) is 3.08. The van der Waals surface area contributed by atoms with Crippen LogP contribution in [0.4, 0.5) is 0 Å². The molecule has 1 saturated heterocycles. The van der Waals surface area contributed by atoms with Crippen LogP contribution in [0.2, 0.25) is 0 Å². The minimum Gasteiger partial charge on any atom is -0.339 e. The summed E-state index contributed by atoms with van der Waals surface area (Å²) in [6, 6.07) is 16.8. The Morgan fingerprint density at radius 2 is 1.54 bits per heavy atom. The van der Waals surface area contributed by atoms with E-state index in [2.05, 4.69) is 17.0 Å². The quantitative estimate of drug-likeness (QED) is 0.807. The molecule has 0 radical (unpaired) electrons. The van der Waals surface area contributed by atoms with Gasteiger partial charge in [-0.1, -0.05) is 48.0 Å². The smallest absolute Gasteiger partial charge is 0.238 e. The molecule has 2 aromatic rings. The summed E-state index contributed by atoms with van der Waals surface area (Å²) in [6.07, 6.45) is 0. The van der Waals surface area contributed by atoms with Crippen LogP contribution in [-0.2, 0) is 21.2 Å². The average molecular weight is 372 g/mol. The number of nitrogens with zero attached hydrogens (tertiary/aromatic N) is 2. The van der Waals surface area contributed by atoms with Crippen molar-refractivity contribution >= 4 is 15.7 Å². The van der Waals surface area contributed by atoms with E-state index in [1.165, 1.54) is 5.56 Å². The van der Waals surface area contributed by atoms with Gasteiger partial charge in [-0.25, -0.2) is 8.42 Å². The van der Waals surface area contributed by atoms with Crippen molar-refractivity contribution < 1.29 is 13.2 Å². The summed E-state index contributed by atoms with van der Waals surface area (Å²) in [5.74, 6) is -0.778. The predicted molar refractivity (Wildman–Crippen MR) is 102 cm³/mol. The first-order chi connectivity index (χ1) is 12.4. The number of sulfone groups is 1. The number of hydrogen-bond acceptors (Lipinski definition) is 4. The van der Waals surface area contributed by atoms with Gasteiger partial charge in [0, 0.05) is 32.7 Å². The fourth-order valence-corrected chi connectivity index (χ4v) is 4.30. The minimum atomic E-state index is -3.59. The van der Waals surface area contributed by atoms with Crippen LogP contribution < -0.4 is 0 Å². The molecule has 0 N–H and O–H groups in total. The van der Waals surface area contributed by atoms with Gasteiger partial charge in [0.15, 0.2) is 9.84 Å². The second kappa shape index (κ2) is 8.01. The zero-order chi connectivity index (χ0) is 18.6. The van der Waals surface area contributed by atoms with Crippen molar-refractivity contribution in [1.29, 1.82) is 0 Å². The van der Waals surface area contributed by atoms with E-state index in [9.17, 15) is 13.2 Å². The lowest BCUT2D eigenvalue weighted by molar-refractivity contribution is -0.130. The Labute approximate surface area is 155 Å². The molecule has 2 aromatic carbocycles. The van der Waals surface area contributed by atoms with Crippen molar-refractivity contribution in [1.82, 2.24) is 9.80 Å². The number of aryl methyl sites for hydroxylation is 1. The minimum absolute atomic E-state index is 0.208. The number of amides is 1. The number of carbonyl (C=O) groups excluding carboxylic acids is 1. The molecule has 1 heterocycles. The van der Waals surface area contributed by atoms with Gasteiger partial charge < -0.3 is 4.90 Å². The van der Waals surface area contributed by atoms with E-state index in [1.54, 1.807) is 29.2 Å². The lowest BCUT2D eigenvalue weighted by atomic mass is 10.2. The van der Waals surface area contributed by atoms with E-state index in [4.69, 9.17) is 0 Å². The Hall–Kier alpha value is -2.18. The molecule has 3 rings (SSSR count). The van der Waals surface area contributed by atoms with Gasteiger partial charge >= 0.3 is 0 Å². The molecule has 1 aliphatic rings. The van der Waals surface area contributed by atoms with Crippen LogP contribution >= 0.6 is 0 Å². The molecule has 0 bridgehead atoms. The summed E-state index contributed by atoms with van der Waals surface area (Å²) in [5, 5.41) is 0. The molecule has 0 aliphatic carbocycles. The summed E-state index contributed by atoms with van der Waals surface area (Å²) >= 11 is 0. The molecule has 0 spiro atoms. The highest BCUT2D eigenvalue weighted by atomic mass is 32.2. The van der Waals surface area contributed by atoms with Crippen molar-refractivity contribution in [3.63, 3.8) is 0 Å². The van der Waals surface area contributed by atoms with Crippen molar-refractivity contribution in [3.05, 3.63) is 65.7 Å². The molecule has 0 saturated carbocycles. The molecule has 6 heteroatoms. The Morgan fingerprint density at radius 1 is 0.923 bits per heavy atom. The molecule has 5 nitrogen and oxygen atoms in total. The average Bonchev–Trinajstić information content (AvgIpc) is 2.63. The third kappa shape index (κ3) is 4.71. The van der Waals surface area contributed by atoms with Crippen molar-refractivity contribution in [2.45, 2.75) is 18.4 Å². The van der Waals surface area contributed by atoms with E-state index >= 15 is 0 Å². The maximum atomic E-state index is 12.4. The number of hydrogen-bond donors (Lipinski definition) is 0. The molecule has 0 unspecified atom stereocenters. The van der Waals surface area contributed by atoms with Crippen LogP contribution in [0.5, 0.6) is 0 Å². The normalized spacial score (nSPS) is 15.8. The number of piperazine rings is 1. The molecule has 26 heavy (non-hydrogen) atoms. The first-order valence-corrected chi connectivity index (χ1v) is 10.4. The first kappa shape index (κ1) is 18.6. The van der Waals surface area contributed by atoms with Gasteiger partial charge in [-0.2, -0.15) is 0 Å². The highest BCUT2D eigenvalue weighted by molar-refractivity contribution is 7.92. The summed E-state index contributed by atoms with van der Waals surface area (Å²) in [7, 11) is -3.59. The Bertz CT molecular complexity index is 840. The van der Waals surface area contributed by atoms with E-state index in [0.29, 0.717) is 13.1 Å². The predicted octanol–water partition coefficient (Wildman–Crippen LogP) is 2.11. The van der Waals surface area contributed by atoms with Crippen LogP contribution in [0.3, 0.4) is 0 Å². The highest BCUT2D eigenvalue weighted by Gasteiger charge is 2.26. The van der Waals surface area contributed by atoms with Crippen LogP contribution in [-0.4, -0.2) is 56.1 Å². The third-order valence-electron chi connectivity index (χ3n) is 4.67. The second-order valence-corrected chi connectivity index (χ2v) is 8.70. The fraction of sp³-hybridized carbons (Fsp3) is 0.350. The van der Waals surface area contributed by atoms with Gasteiger partial charge in [0.2, 0.25) is 5.91 Å². The van der Waals surface area contributed by atoms with E-state index < -0.39 is 15.6 Å². The van der Waals surface area contributed by atoms with E-state index in [-0.39, 0.29) is 10.8 Å². The number of benzene rings is 2. The lowest BCUT2D eigenvalue weighted by Gasteiger charge is -2.34.